The highest BCUT2D eigenvalue weighted by Gasteiger charge is 2.56. The quantitative estimate of drug-likeness (QED) is 0.452. The number of hydrogen-bond donors (Lipinski definition) is 1. The minimum atomic E-state index is -5.10. The van der Waals surface area contributed by atoms with Crippen molar-refractivity contribution in [3.63, 3.8) is 0 Å². The van der Waals surface area contributed by atoms with Crippen LogP contribution in [0.25, 0.3) is 16.6 Å². The fourth-order valence-corrected chi connectivity index (χ4v) is 3.36. The average Bonchev–Trinajstić information content (AvgIpc) is 3.12. The highest BCUT2D eigenvalue weighted by molar-refractivity contribution is 5.81. The second-order valence-corrected chi connectivity index (χ2v) is 6.98. The number of aryl methyl sites for hydroxylation is 1. The smallest absolute Gasteiger partial charge is 0.372 e. The van der Waals surface area contributed by atoms with Crippen molar-refractivity contribution in [2.75, 3.05) is 0 Å². The fourth-order valence-electron chi connectivity index (χ4n) is 3.36. The molecule has 8 heteroatoms. The van der Waals surface area contributed by atoms with E-state index < -0.39 is 34.5 Å². The number of halogens is 5. The number of aromatic nitrogens is 2. The van der Waals surface area contributed by atoms with Crippen LogP contribution in [0.5, 0.6) is 0 Å². The summed E-state index contributed by atoms with van der Waals surface area (Å²) in [5, 5.41) is 15.2. The zero-order chi connectivity index (χ0) is 21.7. The summed E-state index contributed by atoms with van der Waals surface area (Å²) in [5.74, 6) is -1.28. The lowest BCUT2D eigenvalue weighted by Gasteiger charge is -2.31. The molecule has 0 aliphatic rings. The molecule has 0 fully saturated rings. The van der Waals surface area contributed by atoms with Gasteiger partial charge in [0.05, 0.1) is 17.4 Å². The Morgan fingerprint density at radius 2 is 1.50 bits per heavy atom. The van der Waals surface area contributed by atoms with Crippen LogP contribution in [-0.4, -0.2) is 21.1 Å². The van der Waals surface area contributed by atoms with Crippen molar-refractivity contribution < 1.29 is 27.1 Å². The first-order valence-corrected chi connectivity index (χ1v) is 8.91. The SMILES string of the molecule is Cc1ccc(C(O)(c2ccc3c(cnn3-c3ccc(F)cc3)c2)C(F)(F)F)cc1F. The number of nitrogens with zero attached hydrogens (tertiary/aromatic N) is 2. The van der Waals surface area contributed by atoms with E-state index in [0.717, 1.165) is 18.2 Å². The number of alkyl halides is 3. The van der Waals surface area contributed by atoms with Crippen LogP contribution in [0.1, 0.15) is 16.7 Å². The molecule has 0 aliphatic carbocycles. The van der Waals surface area contributed by atoms with E-state index in [1.165, 1.54) is 54.2 Å². The number of aliphatic hydroxyl groups is 1. The second-order valence-electron chi connectivity index (χ2n) is 6.98. The first-order chi connectivity index (χ1) is 14.1. The number of hydrogen-bond acceptors (Lipinski definition) is 2. The third-order valence-electron chi connectivity index (χ3n) is 5.06. The summed E-state index contributed by atoms with van der Waals surface area (Å²) in [5.41, 5.74) is -3.35. The lowest BCUT2D eigenvalue weighted by molar-refractivity contribution is -0.248. The summed E-state index contributed by atoms with van der Waals surface area (Å²) in [6.45, 7) is 1.42. The Morgan fingerprint density at radius 3 is 2.13 bits per heavy atom. The first kappa shape index (κ1) is 20.0. The highest BCUT2D eigenvalue weighted by atomic mass is 19.4. The summed E-state index contributed by atoms with van der Waals surface area (Å²) < 4.78 is 70.5. The van der Waals surface area contributed by atoms with Crippen LogP contribution in [0, 0.1) is 18.6 Å². The zero-order valence-electron chi connectivity index (χ0n) is 15.6. The van der Waals surface area contributed by atoms with E-state index >= 15 is 0 Å². The maximum Gasteiger partial charge on any atom is 0.425 e. The lowest BCUT2D eigenvalue weighted by Crippen LogP contribution is -2.43. The van der Waals surface area contributed by atoms with Gasteiger partial charge in [0.25, 0.3) is 0 Å². The average molecular weight is 418 g/mol. The van der Waals surface area contributed by atoms with E-state index in [-0.39, 0.29) is 5.56 Å². The third-order valence-corrected chi connectivity index (χ3v) is 5.06. The molecule has 0 spiro atoms. The lowest BCUT2D eigenvalue weighted by atomic mass is 9.84. The predicted octanol–water partition coefficient (Wildman–Crippen LogP) is 5.41. The molecule has 1 aromatic heterocycles. The monoisotopic (exact) mass is 418 g/mol. The van der Waals surface area contributed by atoms with Gasteiger partial charge in [-0.1, -0.05) is 18.2 Å². The molecule has 30 heavy (non-hydrogen) atoms. The summed E-state index contributed by atoms with van der Waals surface area (Å²) in [6.07, 6.45) is -3.76. The molecule has 4 aromatic rings. The van der Waals surface area contributed by atoms with Crippen molar-refractivity contribution in [1.82, 2.24) is 9.78 Å². The molecular weight excluding hydrogens is 403 g/mol. The highest BCUT2D eigenvalue weighted by Crippen LogP contribution is 2.45. The van der Waals surface area contributed by atoms with E-state index in [1.807, 2.05) is 0 Å². The molecule has 1 heterocycles. The Labute approximate surface area is 168 Å². The molecule has 154 valence electrons. The maximum atomic E-state index is 14.0. The van der Waals surface area contributed by atoms with E-state index in [0.29, 0.717) is 22.7 Å². The van der Waals surface area contributed by atoms with E-state index in [2.05, 4.69) is 5.10 Å². The number of benzene rings is 3. The molecule has 1 atom stereocenters. The van der Waals surface area contributed by atoms with Crippen LogP contribution in [0.15, 0.2) is 66.9 Å². The van der Waals surface area contributed by atoms with Crippen LogP contribution in [0.3, 0.4) is 0 Å². The second kappa shape index (κ2) is 6.91. The van der Waals surface area contributed by atoms with Crippen molar-refractivity contribution in [3.8, 4) is 5.69 Å². The summed E-state index contributed by atoms with van der Waals surface area (Å²) in [4.78, 5) is 0. The van der Waals surface area contributed by atoms with Gasteiger partial charge in [0.2, 0.25) is 5.60 Å². The normalized spacial score (nSPS) is 14.1. The van der Waals surface area contributed by atoms with Gasteiger partial charge in [-0.2, -0.15) is 18.3 Å². The van der Waals surface area contributed by atoms with Crippen LogP contribution in [-0.2, 0) is 5.60 Å². The Morgan fingerprint density at radius 1 is 0.867 bits per heavy atom. The van der Waals surface area contributed by atoms with Gasteiger partial charge in [0, 0.05) is 10.9 Å². The summed E-state index contributed by atoms with van der Waals surface area (Å²) in [6, 6.07) is 12.0. The molecule has 0 saturated carbocycles. The molecule has 0 radical (unpaired) electrons. The molecule has 3 aromatic carbocycles. The molecule has 3 nitrogen and oxygen atoms in total. The summed E-state index contributed by atoms with van der Waals surface area (Å²) in [7, 11) is 0. The van der Waals surface area contributed by atoms with Gasteiger partial charge >= 0.3 is 6.18 Å². The van der Waals surface area contributed by atoms with Crippen LogP contribution in [0.2, 0.25) is 0 Å². The first-order valence-electron chi connectivity index (χ1n) is 8.91. The molecule has 0 aliphatic heterocycles. The van der Waals surface area contributed by atoms with Gasteiger partial charge in [-0.3, -0.25) is 0 Å². The van der Waals surface area contributed by atoms with Crippen molar-refractivity contribution >= 4 is 10.9 Å². The number of rotatable bonds is 3. The van der Waals surface area contributed by atoms with Crippen LogP contribution < -0.4 is 0 Å². The molecule has 1 unspecified atom stereocenters. The van der Waals surface area contributed by atoms with Gasteiger partial charge in [-0.25, -0.2) is 13.5 Å². The topological polar surface area (TPSA) is 38.1 Å². The largest absolute Gasteiger partial charge is 0.425 e. The van der Waals surface area contributed by atoms with Crippen molar-refractivity contribution in [2.45, 2.75) is 18.7 Å². The Bertz CT molecular complexity index is 1230. The van der Waals surface area contributed by atoms with E-state index in [4.69, 9.17) is 0 Å². The van der Waals surface area contributed by atoms with Gasteiger partial charge < -0.3 is 5.11 Å². The standard InChI is InChI=1S/C22H15F5N2O/c1-13-2-3-16(11-19(13)24)21(30,22(25,26)27)15-4-9-20-14(10-15)12-28-29(20)18-7-5-17(23)6-8-18/h2-12,30H,1H3. The van der Waals surface area contributed by atoms with Gasteiger partial charge in [-0.15, -0.1) is 0 Å². The predicted molar refractivity (Wildman–Crippen MR) is 101 cm³/mol. The third kappa shape index (κ3) is 3.13. The van der Waals surface area contributed by atoms with Crippen LogP contribution in [0.4, 0.5) is 22.0 Å². The minimum Gasteiger partial charge on any atom is -0.372 e. The molecular formula is C22H15F5N2O. The van der Waals surface area contributed by atoms with Crippen LogP contribution >= 0.6 is 0 Å². The Hall–Kier alpha value is -3.26. The Balaban J connectivity index is 1.87. The van der Waals surface area contributed by atoms with Gasteiger partial charge in [0.1, 0.15) is 11.6 Å². The van der Waals surface area contributed by atoms with Crippen molar-refractivity contribution in [2.24, 2.45) is 0 Å². The molecule has 0 amide bonds. The minimum absolute atomic E-state index is 0.166. The molecule has 4 rings (SSSR count). The van der Waals surface area contributed by atoms with Crippen molar-refractivity contribution in [3.05, 3.63) is 95.2 Å². The fraction of sp³-hybridized carbons (Fsp3) is 0.136. The summed E-state index contributed by atoms with van der Waals surface area (Å²) >= 11 is 0. The van der Waals surface area contributed by atoms with E-state index in [9.17, 15) is 27.1 Å². The van der Waals surface area contributed by atoms with Crippen molar-refractivity contribution in [1.29, 1.82) is 0 Å². The Kier molecular flexibility index (Phi) is 4.62. The van der Waals surface area contributed by atoms with Gasteiger partial charge in [-0.05, 0) is 60.5 Å². The molecule has 0 saturated heterocycles. The van der Waals surface area contributed by atoms with E-state index in [1.54, 1.807) is 0 Å². The van der Waals surface area contributed by atoms with Gasteiger partial charge in [0.15, 0.2) is 0 Å². The maximum absolute atomic E-state index is 14.0. The molecule has 0 bridgehead atoms. The molecule has 1 N–H and O–H groups in total. The number of fused-ring (bicyclic) bond motifs is 1. The zero-order valence-corrected chi connectivity index (χ0v) is 15.6.